The maximum absolute atomic E-state index is 12.8. The molecule has 0 N–H and O–H groups in total. The molecule has 2 aromatic rings. The Bertz CT molecular complexity index is 658. The van der Waals surface area contributed by atoms with E-state index in [1.807, 2.05) is 41.8 Å². The molecule has 1 aromatic carbocycles. The highest BCUT2D eigenvalue weighted by molar-refractivity contribution is 5.81. The van der Waals surface area contributed by atoms with E-state index < -0.39 is 0 Å². The predicted molar refractivity (Wildman–Crippen MR) is 96.7 cm³/mol. The van der Waals surface area contributed by atoms with Gasteiger partial charge in [0.2, 0.25) is 5.91 Å². The molecule has 25 heavy (non-hydrogen) atoms. The zero-order valence-corrected chi connectivity index (χ0v) is 15.1. The monoisotopic (exact) mass is 341 g/mol. The molecule has 1 fully saturated rings. The lowest BCUT2D eigenvalue weighted by molar-refractivity contribution is -0.136. The number of amides is 1. The molecule has 0 spiro atoms. The Hall–Kier alpha value is -2.21. The molecule has 0 unspecified atom stereocenters. The molecular formula is C19H27N5O. The Morgan fingerprint density at radius 1 is 1.36 bits per heavy atom. The number of benzene rings is 1. The maximum Gasteiger partial charge on any atom is 0.239 e. The minimum atomic E-state index is -0.0905. The van der Waals surface area contributed by atoms with E-state index in [4.69, 9.17) is 0 Å². The molecule has 1 aromatic heterocycles. The minimum absolute atomic E-state index is 0.0905. The van der Waals surface area contributed by atoms with Crippen molar-refractivity contribution >= 4 is 5.91 Å². The molecule has 3 rings (SSSR count). The average molecular weight is 341 g/mol. The molecule has 1 saturated heterocycles. The highest BCUT2D eigenvalue weighted by Crippen LogP contribution is 2.21. The van der Waals surface area contributed by atoms with Crippen molar-refractivity contribution in [3.63, 3.8) is 0 Å². The Morgan fingerprint density at radius 3 is 2.88 bits per heavy atom. The number of rotatable bonds is 6. The van der Waals surface area contributed by atoms with E-state index in [2.05, 4.69) is 27.1 Å². The first-order valence-electron chi connectivity index (χ1n) is 8.99. The van der Waals surface area contributed by atoms with Crippen LogP contribution < -0.4 is 0 Å². The summed E-state index contributed by atoms with van der Waals surface area (Å²) < 4.78 is 1.89. The summed E-state index contributed by atoms with van der Waals surface area (Å²) in [6.07, 6.45) is 5.64. The number of carbonyl (C=O) groups is 1. The van der Waals surface area contributed by atoms with Gasteiger partial charge in [0.15, 0.2) is 0 Å². The normalized spacial score (nSPS) is 19.5. The van der Waals surface area contributed by atoms with Crippen LogP contribution in [0.15, 0.2) is 43.0 Å². The smallest absolute Gasteiger partial charge is 0.239 e. The van der Waals surface area contributed by atoms with Crippen LogP contribution in [0.2, 0.25) is 0 Å². The van der Waals surface area contributed by atoms with Crippen LogP contribution in [0.4, 0.5) is 0 Å². The van der Waals surface area contributed by atoms with E-state index >= 15 is 0 Å². The molecule has 1 aliphatic rings. The van der Waals surface area contributed by atoms with Gasteiger partial charge in [-0.15, -0.1) is 0 Å². The van der Waals surface area contributed by atoms with Crippen molar-refractivity contribution in [2.24, 2.45) is 5.92 Å². The van der Waals surface area contributed by atoms with Gasteiger partial charge in [-0.05, 0) is 37.8 Å². The van der Waals surface area contributed by atoms with Crippen molar-refractivity contribution in [3.05, 3.63) is 48.5 Å². The summed E-state index contributed by atoms with van der Waals surface area (Å²) in [5, 5.41) is 4.20. The number of likely N-dealkylation sites (N-methyl/N-ethyl adjacent to an activating group) is 1. The zero-order chi connectivity index (χ0) is 17.6. The summed E-state index contributed by atoms with van der Waals surface area (Å²) in [6, 6.07) is 10.0. The van der Waals surface area contributed by atoms with Crippen LogP contribution in [0.25, 0.3) is 0 Å². The fraction of sp³-hybridized carbons (Fsp3) is 0.526. The third-order valence-corrected chi connectivity index (χ3v) is 5.01. The number of nitrogens with zero attached hydrogens (tertiary/aromatic N) is 5. The Balaban J connectivity index is 1.55. The molecule has 2 atom stereocenters. The van der Waals surface area contributed by atoms with Gasteiger partial charge in [-0.2, -0.15) is 5.10 Å². The largest absolute Gasteiger partial charge is 0.340 e. The summed E-state index contributed by atoms with van der Waals surface area (Å²) in [7, 11) is 1.89. The van der Waals surface area contributed by atoms with Crippen LogP contribution in [0, 0.1) is 5.92 Å². The topological polar surface area (TPSA) is 54.3 Å². The van der Waals surface area contributed by atoms with Gasteiger partial charge in [0, 0.05) is 26.7 Å². The first-order chi connectivity index (χ1) is 12.1. The fourth-order valence-corrected chi connectivity index (χ4v) is 3.60. The average Bonchev–Trinajstić information content (AvgIpc) is 3.14. The Kier molecular flexibility index (Phi) is 5.81. The van der Waals surface area contributed by atoms with Crippen LogP contribution in [-0.4, -0.2) is 56.7 Å². The Morgan fingerprint density at radius 2 is 2.16 bits per heavy atom. The van der Waals surface area contributed by atoms with Gasteiger partial charge in [0.1, 0.15) is 12.7 Å². The number of hydrogen-bond acceptors (Lipinski definition) is 4. The molecule has 6 nitrogen and oxygen atoms in total. The van der Waals surface area contributed by atoms with Crippen LogP contribution in [0.3, 0.4) is 0 Å². The van der Waals surface area contributed by atoms with Crippen molar-refractivity contribution in [2.45, 2.75) is 38.9 Å². The number of aromatic nitrogens is 3. The standard InChI is InChI=1S/C19H27N5O/c1-16(19(25)22(2)11-17-7-4-3-5-8-17)23-10-6-9-18(12-23)13-24-15-20-14-21-24/h3-5,7-8,14-16,18H,6,9-13H2,1-2H3/t16-,18-/m0/s1. The highest BCUT2D eigenvalue weighted by Gasteiger charge is 2.29. The SMILES string of the molecule is C[C@@H](C(=O)N(C)Cc1ccccc1)N1CCC[C@H](Cn2cncn2)C1. The van der Waals surface area contributed by atoms with E-state index in [-0.39, 0.29) is 11.9 Å². The summed E-state index contributed by atoms with van der Waals surface area (Å²) in [6.45, 7) is 5.48. The number of carbonyl (C=O) groups excluding carboxylic acids is 1. The third kappa shape index (κ3) is 4.66. The zero-order valence-electron chi connectivity index (χ0n) is 15.1. The van der Waals surface area contributed by atoms with Gasteiger partial charge in [-0.25, -0.2) is 4.98 Å². The van der Waals surface area contributed by atoms with Crippen LogP contribution >= 0.6 is 0 Å². The van der Waals surface area contributed by atoms with Gasteiger partial charge in [-0.3, -0.25) is 14.4 Å². The lowest BCUT2D eigenvalue weighted by Crippen LogP contribution is -2.49. The molecule has 1 aliphatic heterocycles. The van der Waals surface area contributed by atoms with E-state index in [9.17, 15) is 4.79 Å². The van der Waals surface area contributed by atoms with Gasteiger partial charge >= 0.3 is 0 Å². The summed E-state index contributed by atoms with van der Waals surface area (Å²) in [4.78, 5) is 21.0. The molecule has 0 bridgehead atoms. The molecule has 134 valence electrons. The highest BCUT2D eigenvalue weighted by atomic mass is 16.2. The molecular weight excluding hydrogens is 314 g/mol. The molecule has 0 saturated carbocycles. The summed E-state index contributed by atoms with van der Waals surface area (Å²) in [5.41, 5.74) is 1.16. The van der Waals surface area contributed by atoms with E-state index in [0.717, 1.165) is 31.6 Å². The van der Waals surface area contributed by atoms with Crippen LogP contribution in [0.1, 0.15) is 25.3 Å². The van der Waals surface area contributed by atoms with Gasteiger partial charge in [0.25, 0.3) is 0 Å². The van der Waals surface area contributed by atoms with Crippen molar-refractivity contribution < 1.29 is 4.79 Å². The van der Waals surface area contributed by atoms with E-state index in [0.29, 0.717) is 12.5 Å². The second-order valence-electron chi connectivity index (χ2n) is 6.98. The lowest BCUT2D eigenvalue weighted by Gasteiger charge is -2.37. The molecule has 1 amide bonds. The quantitative estimate of drug-likeness (QED) is 0.807. The van der Waals surface area contributed by atoms with Crippen molar-refractivity contribution in [1.82, 2.24) is 24.6 Å². The van der Waals surface area contributed by atoms with Crippen molar-refractivity contribution in [3.8, 4) is 0 Å². The van der Waals surface area contributed by atoms with Crippen LogP contribution in [0.5, 0.6) is 0 Å². The van der Waals surface area contributed by atoms with Gasteiger partial charge in [-0.1, -0.05) is 30.3 Å². The summed E-state index contributed by atoms with van der Waals surface area (Å²) in [5.74, 6) is 0.704. The Labute approximate surface area is 149 Å². The van der Waals surface area contributed by atoms with Gasteiger partial charge in [0.05, 0.1) is 6.04 Å². The van der Waals surface area contributed by atoms with Crippen molar-refractivity contribution in [1.29, 1.82) is 0 Å². The number of hydrogen-bond donors (Lipinski definition) is 0. The lowest BCUT2D eigenvalue weighted by atomic mass is 9.96. The maximum atomic E-state index is 12.8. The molecule has 6 heteroatoms. The second kappa shape index (κ2) is 8.25. The van der Waals surface area contributed by atoms with Gasteiger partial charge < -0.3 is 4.90 Å². The first-order valence-corrected chi connectivity index (χ1v) is 8.99. The molecule has 2 heterocycles. The third-order valence-electron chi connectivity index (χ3n) is 5.01. The molecule has 0 aliphatic carbocycles. The predicted octanol–water partition coefficient (Wildman–Crippen LogP) is 2.04. The number of piperidine rings is 1. The van der Waals surface area contributed by atoms with Crippen molar-refractivity contribution in [2.75, 3.05) is 20.1 Å². The van der Waals surface area contributed by atoms with E-state index in [1.165, 1.54) is 6.42 Å². The second-order valence-corrected chi connectivity index (χ2v) is 6.98. The van der Waals surface area contributed by atoms with E-state index in [1.54, 1.807) is 12.7 Å². The summed E-state index contributed by atoms with van der Waals surface area (Å²) >= 11 is 0. The fourth-order valence-electron chi connectivity index (χ4n) is 3.60. The minimum Gasteiger partial charge on any atom is -0.340 e. The number of likely N-dealkylation sites (tertiary alicyclic amines) is 1. The first kappa shape index (κ1) is 17.6. The molecule has 0 radical (unpaired) electrons. The van der Waals surface area contributed by atoms with Crippen LogP contribution in [-0.2, 0) is 17.9 Å².